The van der Waals surface area contributed by atoms with Crippen LogP contribution in [0.15, 0.2) is 60.8 Å². The number of aromatic nitrogens is 2. The average Bonchev–Trinajstić information content (AvgIpc) is 3.29. The van der Waals surface area contributed by atoms with Gasteiger partial charge >= 0.3 is 5.97 Å². The molecule has 0 aliphatic carbocycles. The van der Waals surface area contributed by atoms with E-state index in [9.17, 15) is 9.59 Å². The van der Waals surface area contributed by atoms with Crippen LogP contribution in [0.3, 0.4) is 0 Å². The van der Waals surface area contributed by atoms with Crippen molar-refractivity contribution in [3.8, 4) is 17.2 Å². The number of hydrogen-bond acceptors (Lipinski definition) is 6. The van der Waals surface area contributed by atoms with Crippen LogP contribution in [-0.4, -0.2) is 41.5 Å². The Morgan fingerprint density at radius 2 is 1.87 bits per heavy atom. The van der Waals surface area contributed by atoms with Crippen molar-refractivity contribution in [3.05, 3.63) is 72.1 Å². The first kappa shape index (κ1) is 20.2. The second kappa shape index (κ2) is 9.17. The lowest BCUT2D eigenvalue weighted by molar-refractivity contribution is -0.111. The fraction of sp³-hybridized carbons (Fsp3) is 0.174. The van der Waals surface area contributed by atoms with E-state index in [1.165, 1.54) is 6.08 Å². The molecule has 0 saturated carbocycles. The van der Waals surface area contributed by atoms with Crippen LogP contribution < -0.4 is 14.8 Å². The van der Waals surface area contributed by atoms with E-state index >= 15 is 0 Å². The van der Waals surface area contributed by atoms with E-state index in [1.54, 1.807) is 54.2 Å². The SMILES string of the molecule is CCOC(=O)c1ccn(-c2ccc(NC(=O)/C=C\c3ccc4c(c3)OCCO4)cc2)n1. The van der Waals surface area contributed by atoms with Gasteiger partial charge in [0.25, 0.3) is 0 Å². The molecule has 2 aromatic carbocycles. The van der Waals surface area contributed by atoms with Crippen LogP contribution in [0, 0.1) is 0 Å². The maximum atomic E-state index is 12.2. The van der Waals surface area contributed by atoms with Crippen LogP contribution in [0.4, 0.5) is 5.69 Å². The monoisotopic (exact) mass is 419 g/mol. The van der Waals surface area contributed by atoms with E-state index in [0.717, 1.165) is 11.3 Å². The van der Waals surface area contributed by atoms with Crippen molar-refractivity contribution in [3.63, 3.8) is 0 Å². The van der Waals surface area contributed by atoms with Gasteiger partial charge in [-0.3, -0.25) is 4.79 Å². The van der Waals surface area contributed by atoms with Crippen molar-refractivity contribution in [2.24, 2.45) is 0 Å². The maximum Gasteiger partial charge on any atom is 0.358 e. The third-order valence-electron chi connectivity index (χ3n) is 4.47. The van der Waals surface area contributed by atoms with E-state index in [1.807, 2.05) is 18.2 Å². The molecule has 0 saturated heterocycles. The summed E-state index contributed by atoms with van der Waals surface area (Å²) in [6.45, 7) is 3.09. The molecular formula is C23H21N3O5. The minimum absolute atomic E-state index is 0.239. The lowest BCUT2D eigenvalue weighted by Crippen LogP contribution is -2.15. The summed E-state index contributed by atoms with van der Waals surface area (Å²) in [5.74, 6) is 0.662. The number of benzene rings is 2. The molecule has 3 aromatic rings. The molecule has 0 radical (unpaired) electrons. The Bertz CT molecular complexity index is 1120. The third kappa shape index (κ3) is 4.92. The number of nitrogens with zero attached hydrogens (tertiary/aromatic N) is 2. The number of carbonyl (C=O) groups is 2. The number of nitrogens with one attached hydrogen (secondary N) is 1. The lowest BCUT2D eigenvalue weighted by Gasteiger charge is -2.18. The molecule has 0 spiro atoms. The number of fused-ring (bicyclic) bond motifs is 1. The summed E-state index contributed by atoms with van der Waals surface area (Å²) in [5.41, 5.74) is 2.47. The van der Waals surface area contributed by atoms with E-state index in [0.29, 0.717) is 37.0 Å². The fourth-order valence-corrected chi connectivity index (χ4v) is 3.00. The summed E-state index contributed by atoms with van der Waals surface area (Å²) < 4.78 is 17.5. The number of rotatable bonds is 6. The molecule has 1 N–H and O–H groups in total. The number of amides is 1. The van der Waals surface area contributed by atoms with Gasteiger partial charge in [-0.2, -0.15) is 5.10 Å². The molecule has 1 aliphatic rings. The Hall–Kier alpha value is -4.07. The summed E-state index contributed by atoms with van der Waals surface area (Å²) in [6.07, 6.45) is 4.84. The van der Waals surface area contributed by atoms with E-state index in [-0.39, 0.29) is 11.6 Å². The van der Waals surface area contributed by atoms with Crippen LogP contribution in [0.5, 0.6) is 11.5 Å². The van der Waals surface area contributed by atoms with Gasteiger partial charge in [-0.05, 0) is 61.0 Å². The second-order valence-electron chi connectivity index (χ2n) is 6.64. The van der Waals surface area contributed by atoms with Crippen molar-refractivity contribution in [2.75, 3.05) is 25.1 Å². The fourth-order valence-electron chi connectivity index (χ4n) is 3.00. The molecule has 31 heavy (non-hydrogen) atoms. The highest BCUT2D eigenvalue weighted by Gasteiger charge is 2.12. The zero-order chi connectivity index (χ0) is 21.6. The highest BCUT2D eigenvalue weighted by Crippen LogP contribution is 2.31. The summed E-state index contributed by atoms with van der Waals surface area (Å²) in [7, 11) is 0. The Kier molecular flexibility index (Phi) is 5.98. The van der Waals surface area contributed by atoms with Crippen LogP contribution in [0.25, 0.3) is 11.8 Å². The first-order chi connectivity index (χ1) is 15.1. The zero-order valence-electron chi connectivity index (χ0n) is 16.9. The molecular weight excluding hydrogens is 398 g/mol. The molecule has 1 aromatic heterocycles. The molecule has 8 heteroatoms. The standard InChI is InChI=1S/C23H21N3O5/c1-2-29-23(28)19-11-12-26(25-19)18-7-5-17(6-8-18)24-22(27)10-4-16-3-9-20-21(15-16)31-14-13-30-20/h3-12,15H,2,13-14H2,1H3,(H,24,27)/b10-4-. The van der Waals surface area contributed by atoms with Gasteiger partial charge < -0.3 is 19.5 Å². The van der Waals surface area contributed by atoms with Crippen LogP contribution in [0.2, 0.25) is 0 Å². The van der Waals surface area contributed by atoms with Crippen LogP contribution in [-0.2, 0) is 9.53 Å². The van der Waals surface area contributed by atoms with Crippen molar-refractivity contribution >= 4 is 23.6 Å². The molecule has 0 bridgehead atoms. The van der Waals surface area contributed by atoms with E-state index < -0.39 is 5.97 Å². The first-order valence-corrected chi connectivity index (χ1v) is 9.84. The number of carbonyl (C=O) groups excluding carboxylic acids is 2. The highest BCUT2D eigenvalue weighted by atomic mass is 16.6. The molecule has 158 valence electrons. The zero-order valence-corrected chi connectivity index (χ0v) is 16.9. The van der Waals surface area contributed by atoms with Gasteiger partial charge in [0.1, 0.15) is 13.2 Å². The van der Waals surface area contributed by atoms with E-state index in [2.05, 4.69) is 10.4 Å². The van der Waals surface area contributed by atoms with E-state index in [4.69, 9.17) is 14.2 Å². The van der Waals surface area contributed by atoms with Gasteiger partial charge in [0.15, 0.2) is 17.2 Å². The number of hydrogen-bond donors (Lipinski definition) is 1. The summed E-state index contributed by atoms with van der Waals surface area (Å²) in [4.78, 5) is 24.0. The number of anilines is 1. The van der Waals surface area contributed by atoms with Crippen LogP contribution in [0.1, 0.15) is 23.0 Å². The van der Waals surface area contributed by atoms with Gasteiger partial charge in [-0.15, -0.1) is 0 Å². The number of esters is 1. The molecule has 0 fully saturated rings. The van der Waals surface area contributed by atoms with Gasteiger partial charge in [0.2, 0.25) is 5.91 Å². The first-order valence-electron chi connectivity index (χ1n) is 9.84. The maximum absolute atomic E-state index is 12.2. The molecule has 8 nitrogen and oxygen atoms in total. The summed E-state index contributed by atoms with van der Waals surface area (Å²) in [5, 5.41) is 7.02. The normalized spacial score (nSPS) is 12.5. The van der Waals surface area contributed by atoms with Crippen molar-refractivity contribution < 1.29 is 23.8 Å². The Labute approximate surface area is 179 Å². The topological polar surface area (TPSA) is 91.7 Å². The summed E-state index contributed by atoms with van der Waals surface area (Å²) >= 11 is 0. The molecule has 0 atom stereocenters. The predicted octanol–water partition coefficient (Wildman–Crippen LogP) is 3.47. The van der Waals surface area contributed by atoms with Crippen LogP contribution >= 0.6 is 0 Å². The molecule has 2 heterocycles. The molecule has 1 amide bonds. The van der Waals surface area contributed by atoms with Gasteiger partial charge in [-0.1, -0.05) is 6.07 Å². The average molecular weight is 419 g/mol. The quantitative estimate of drug-likeness (QED) is 0.486. The Morgan fingerprint density at radius 3 is 2.65 bits per heavy atom. The van der Waals surface area contributed by atoms with Crippen molar-refractivity contribution in [1.82, 2.24) is 9.78 Å². The minimum Gasteiger partial charge on any atom is -0.486 e. The second-order valence-corrected chi connectivity index (χ2v) is 6.64. The van der Waals surface area contributed by atoms with Gasteiger partial charge in [-0.25, -0.2) is 9.48 Å². The molecule has 0 unspecified atom stereocenters. The largest absolute Gasteiger partial charge is 0.486 e. The summed E-state index contributed by atoms with van der Waals surface area (Å²) in [6, 6.07) is 14.2. The Balaban J connectivity index is 1.37. The number of ether oxygens (including phenoxy) is 3. The highest BCUT2D eigenvalue weighted by molar-refractivity contribution is 6.02. The predicted molar refractivity (Wildman–Crippen MR) is 115 cm³/mol. The molecule has 4 rings (SSSR count). The van der Waals surface area contributed by atoms with Gasteiger partial charge in [0.05, 0.1) is 12.3 Å². The molecule has 1 aliphatic heterocycles. The minimum atomic E-state index is -0.463. The smallest absolute Gasteiger partial charge is 0.358 e. The van der Waals surface area contributed by atoms with Crippen molar-refractivity contribution in [2.45, 2.75) is 6.92 Å². The van der Waals surface area contributed by atoms with Crippen molar-refractivity contribution in [1.29, 1.82) is 0 Å². The van der Waals surface area contributed by atoms with Gasteiger partial charge in [0, 0.05) is 18.0 Å². The lowest BCUT2D eigenvalue weighted by atomic mass is 10.2. The Morgan fingerprint density at radius 1 is 1.10 bits per heavy atom. The third-order valence-corrected chi connectivity index (χ3v) is 4.47.